The van der Waals surface area contributed by atoms with E-state index in [1.165, 1.54) is 24.3 Å². The van der Waals surface area contributed by atoms with Crippen LogP contribution in [0.5, 0.6) is 0 Å². The third-order valence-electron chi connectivity index (χ3n) is 4.47. The molecule has 26 heavy (non-hydrogen) atoms. The van der Waals surface area contributed by atoms with Crippen LogP contribution in [-0.2, 0) is 6.42 Å². The van der Waals surface area contributed by atoms with Crippen molar-refractivity contribution in [2.24, 2.45) is 10.7 Å². The van der Waals surface area contributed by atoms with Gasteiger partial charge in [-0.05, 0) is 42.3 Å². The molecule has 1 aliphatic heterocycles. The Kier molecular flexibility index (Phi) is 5.65. The molecule has 1 aliphatic rings. The molecule has 0 bridgehead atoms. The number of hydrogen-bond acceptors (Lipinski definition) is 2. The summed E-state index contributed by atoms with van der Waals surface area (Å²) in [5.41, 5.74) is 7.43. The molecule has 2 aromatic carbocycles. The number of anilines is 1. The van der Waals surface area contributed by atoms with Crippen LogP contribution in [-0.4, -0.2) is 43.6 Å². The molecule has 7 heteroatoms. The van der Waals surface area contributed by atoms with Gasteiger partial charge in [0.15, 0.2) is 5.96 Å². The maximum Gasteiger partial charge on any atom is 0.191 e. The molecule has 0 spiro atoms. The molecule has 0 aliphatic carbocycles. The van der Waals surface area contributed by atoms with Crippen LogP contribution < -0.4 is 10.6 Å². The van der Waals surface area contributed by atoms with Gasteiger partial charge in [0.25, 0.3) is 0 Å². The molecule has 2 N–H and O–H groups in total. The quantitative estimate of drug-likeness (QED) is 0.672. The average molecular weight is 362 g/mol. The Morgan fingerprint density at radius 2 is 1.58 bits per heavy atom. The van der Waals surface area contributed by atoms with Gasteiger partial charge in [-0.2, -0.15) is 0 Å². The van der Waals surface area contributed by atoms with E-state index in [0.29, 0.717) is 37.6 Å². The number of aliphatic imine (C=N–C) groups is 1. The fourth-order valence-electron chi connectivity index (χ4n) is 2.96. The maximum absolute atomic E-state index is 13.6. The molecule has 1 fully saturated rings. The molecule has 0 saturated carbocycles. The van der Waals surface area contributed by atoms with Gasteiger partial charge in [-0.15, -0.1) is 0 Å². The lowest BCUT2D eigenvalue weighted by Crippen LogP contribution is -2.51. The first-order valence-corrected chi connectivity index (χ1v) is 8.52. The Labute approximate surface area is 150 Å². The number of nitrogens with two attached hydrogens (primary N) is 1. The molecule has 1 heterocycles. The molecule has 1 saturated heterocycles. The number of halogens is 3. The zero-order valence-electron chi connectivity index (χ0n) is 14.3. The predicted molar refractivity (Wildman–Crippen MR) is 96.7 cm³/mol. The van der Waals surface area contributed by atoms with Crippen LogP contribution >= 0.6 is 0 Å². The highest BCUT2D eigenvalue weighted by Crippen LogP contribution is 2.17. The van der Waals surface area contributed by atoms with Crippen molar-refractivity contribution in [2.75, 3.05) is 37.6 Å². The SMILES string of the molecule is NC(=NCCc1ccc(F)cc1F)N1CCN(c2ccc(F)cc2)CC1. The first-order chi connectivity index (χ1) is 12.5. The number of guanidine groups is 1. The molecule has 0 unspecified atom stereocenters. The number of hydrogen-bond donors (Lipinski definition) is 1. The Hall–Kier alpha value is -2.70. The summed E-state index contributed by atoms with van der Waals surface area (Å²) in [4.78, 5) is 8.44. The maximum atomic E-state index is 13.6. The summed E-state index contributed by atoms with van der Waals surface area (Å²) in [6.07, 6.45) is 0.363. The van der Waals surface area contributed by atoms with Crippen LogP contribution in [0.3, 0.4) is 0 Å². The summed E-state index contributed by atoms with van der Waals surface area (Å²) in [6.45, 7) is 3.27. The second-order valence-electron chi connectivity index (χ2n) is 6.18. The van der Waals surface area contributed by atoms with Gasteiger partial charge in [-0.1, -0.05) is 6.07 Å². The Morgan fingerprint density at radius 1 is 0.923 bits per heavy atom. The molecule has 3 rings (SSSR count). The highest BCUT2D eigenvalue weighted by molar-refractivity contribution is 5.78. The van der Waals surface area contributed by atoms with Crippen molar-refractivity contribution in [1.29, 1.82) is 0 Å². The fourth-order valence-corrected chi connectivity index (χ4v) is 2.96. The molecule has 0 amide bonds. The van der Waals surface area contributed by atoms with Crippen molar-refractivity contribution in [3.8, 4) is 0 Å². The van der Waals surface area contributed by atoms with E-state index < -0.39 is 11.6 Å². The Morgan fingerprint density at radius 3 is 2.23 bits per heavy atom. The number of benzene rings is 2. The smallest absolute Gasteiger partial charge is 0.191 e. The van der Waals surface area contributed by atoms with Crippen molar-refractivity contribution < 1.29 is 13.2 Å². The van der Waals surface area contributed by atoms with E-state index in [1.807, 2.05) is 4.90 Å². The molecular weight excluding hydrogens is 341 g/mol. The highest BCUT2D eigenvalue weighted by atomic mass is 19.1. The van der Waals surface area contributed by atoms with Crippen molar-refractivity contribution in [1.82, 2.24) is 4.90 Å². The Balaban J connectivity index is 1.50. The van der Waals surface area contributed by atoms with Crippen LogP contribution in [0.15, 0.2) is 47.5 Å². The van der Waals surface area contributed by atoms with Crippen LogP contribution in [0.4, 0.5) is 18.9 Å². The minimum Gasteiger partial charge on any atom is -0.370 e. The van der Waals surface area contributed by atoms with E-state index in [1.54, 1.807) is 12.1 Å². The fraction of sp³-hybridized carbons (Fsp3) is 0.316. The van der Waals surface area contributed by atoms with Crippen molar-refractivity contribution in [2.45, 2.75) is 6.42 Å². The van der Waals surface area contributed by atoms with E-state index in [-0.39, 0.29) is 5.82 Å². The zero-order valence-corrected chi connectivity index (χ0v) is 14.3. The molecular formula is C19H21F3N4. The predicted octanol–water partition coefficient (Wildman–Crippen LogP) is 2.78. The van der Waals surface area contributed by atoms with Crippen LogP contribution in [0, 0.1) is 17.5 Å². The van der Waals surface area contributed by atoms with Crippen LogP contribution in [0.25, 0.3) is 0 Å². The summed E-state index contributed by atoms with van der Waals surface area (Å²) < 4.78 is 39.5. The molecule has 0 radical (unpaired) electrons. The topological polar surface area (TPSA) is 44.9 Å². The van der Waals surface area contributed by atoms with Gasteiger partial charge in [0.1, 0.15) is 17.5 Å². The second kappa shape index (κ2) is 8.12. The molecule has 0 atom stereocenters. The van der Waals surface area contributed by atoms with Gasteiger partial charge in [-0.25, -0.2) is 13.2 Å². The minimum atomic E-state index is -0.590. The number of piperazine rings is 1. The van der Waals surface area contributed by atoms with E-state index in [4.69, 9.17) is 5.73 Å². The molecule has 4 nitrogen and oxygen atoms in total. The van der Waals surface area contributed by atoms with Gasteiger partial charge in [0.05, 0.1) is 0 Å². The zero-order chi connectivity index (χ0) is 18.5. The monoisotopic (exact) mass is 362 g/mol. The largest absolute Gasteiger partial charge is 0.370 e. The summed E-state index contributed by atoms with van der Waals surface area (Å²) >= 11 is 0. The summed E-state index contributed by atoms with van der Waals surface area (Å²) in [7, 11) is 0. The first kappa shape index (κ1) is 18.1. The van der Waals surface area contributed by atoms with Crippen molar-refractivity contribution >= 4 is 11.6 Å². The lowest BCUT2D eigenvalue weighted by molar-refractivity contribution is 0.381. The van der Waals surface area contributed by atoms with E-state index in [9.17, 15) is 13.2 Å². The van der Waals surface area contributed by atoms with Crippen LogP contribution in [0.2, 0.25) is 0 Å². The average Bonchev–Trinajstić information content (AvgIpc) is 2.64. The van der Waals surface area contributed by atoms with Gasteiger partial charge in [0, 0.05) is 44.5 Å². The van der Waals surface area contributed by atoms with E-state index in [0.717, 1.165) is 24.8 Å². The van der Waals surface area contributed by atoms with Crippen molar-refractivity contribution in [3.63, 3.8) is 0 Å². The lowest BCUT2D eigenvalue weighted by Gasteiger charge is -2.36. The highest BCUT2D eigenvalue weighted by Gasteiger charge is 2.18. The summed E-state index contributed by atoms with van der Waals surface area (Å²) in [5, 5.41) is 0. The minimum absolute atomic E-state index is 0.249. The second-order valence-corrected chi connectivity index (χ2v) is 6.18. The Bertz CT molecular complexity index is 769. The van der Waals surface area contributed by atoms with Gasteiger partial charge < -0.3 is 15.5 Å². The van der Waals surface area contributed by atoms with Gasteiger partial charge in [-0.3, -0.25) is 4.99 Å². The van der Waals surface area contributed by atoms with E-state index in [2.05, 4.69) is 9.89 Å². The third kappa shape index (κ3) is 4.47. The third-order valence-corrected chi connectivity index (χ3v) is 4.47. The van der Waals surface area contributed by atoms with Gasteiger partial charge in [0.2, 0.25) is 0 Å². The lowest BCUT2D eigenvalue weighted by atomic mass is 10.1. The molecule has 138 valence electrons. The first-order valence-electron chi connectivity index (χ1n) is 8.52. The van der Waals surface area contributed by atoms with Gasteiger partial charge >= 0.3 is 0 Å². The summed E-state index contributed by atoms with van der Waals surface area (Å²) in [6, 6.07) is 9.96. The normalized spacial score (nSPS) is 15.4. The van der Waals surface area contributed by atoms with Crippen LogP contribution in [0.1, 0.15) is 5.56 Å². The molecule has 2 aromatic rings. The van der Waals surface area contributed by atoms with E-state index >= 15 is 0 Å². The van der Waals surface area contributed by atoms with Crippen molar-refractivity contribution in [3.05, 3.63) is 65.5 Å². The molecule has 0 aromatic heterocycles. The number of rotatable bonds is 4. The standard InChI is InChI=1S/C19H21F3N4/c20-15-3-5-17(6-4-15)25-9-11-26(12-10-25)19(23)24-8-7-14-1-2-16(21)13-18(14)22/h1-6,13H,7-12H2,(H2,23,24). The summed E-state index contributed by atoms with van der Waals surface area (Å²) in [5.74, 6) is -0.979. The number of nitrogens with zero attached hydrogens (tertiary/aromatic N) is 3.